The molecule has 0 aromatic rings. The topological polar surface area (TPSA) is 111 Å². The number of aliphatic carboxylic acids is 1. The first-order valence-electron chi connectivity index (χ1n) is 32.3. The van der Waals surface area contributed by atoms with Crippen LogP contribution in [0.15, 0.2) is 134 Å². The third-order valence-corrected chi connectivity index (χ3v) is 13.4. The summed E-state index contributed by atoms with van der Waals surface area (Å²) < 4.78 is 22.7. The molecule has 2 unspecified atom stereocenters. The Morgan fingerprint density at radius 2 is 0.704 bits per heavy atom. The van der Waals surface area contributed by atoms with Gasteiger partial charge >= 0.3 is 11.9 Å². The highest BCUT2D eigenvalue weighted by molar-refractivity contribution is 5.70. The number of carboxylic acid groups (broad SMARTS) is 1. The molecule has 9 heteroatoms. The standard InChI is InChI=1S/C72H119NO8/c1-6-8-10-12-14-16-18-20-22-24-25-26-27-28-29-30-31-32-33-34-35-36-37-38-39-40-41-42-43-44-45-47-49-51-53-55-57-59-61-63-70(75)81-68(67-80-72(71(76)77)78-65-64-73(3,4)5)66-79-69(74)62-60-58-56-54-52-50-48-46-23-21-19-17-15-13-11-9-7-2/h8,10,14,16,20,22,25-26,28-29,31-32,34-35,37-38,40-41,43-44,47,49,68,72H,6-7,9,11-13,15,17-19,21,23-24,27,30,33,36,39,42,45-46,48,50-67H2,1-5H3/b10-8-,16-14-,22-20-,26-25-,29-28-,32-31-,35-34-,38-37-,41-40-,44-43-,49-47-. The lowest BCUT2D eigenvalue weighted by Crippen LogP contribution is -2.44. The summed E-state index contributed by atoms with van der Waals surface area (Å²) in [5.41, 5.74) is 0. The second-order valence-corrected chi connectivity index (χ2v) is 22.3. The number of esters is 2. The molecular formula is C72H119NO8. The molecule has 0 aliphatic rings. The quantitative estimate of drug-likeness (QED) is 0.0195. The SMILES string of the molecule is CC/C=C\C/C=C\C/C=C\C/C=C\C/C=C\C/C=C\C/C=C\C/C=C\C/C=C\C/C=C\C/C=C\CCCCCCCC(=O)OC(COC(=O)CCCCCCCCCCCCCCCCCCC)COC(OCC[N+](C)(C)C)C(=O)[O-]. The van der Waals surface area contributed by atoms with Crippen molar-refractivity contribution >= 4 is 17.9 Å². The zero-order valence-electron chi connectivity index (χ0n) is 52.4. The highest BCUT2D eigenvalue weighted by atomic mass is 16.7. The lowest BCUT2D eigenvalue weighted by atomic mass is 10.0. The van der Waals surface area contributed by atoms with Gasteiger partial charge in [0, 0.05) is 12.8 Å². The van der Waals surface area contributed by atoms with Gasteiger partial charge in [0.25, 0.3) is 0 Å². The molecule has 0 heterocycles. The molecule has 0 spiro atoms. The van der Waals surface area contributed by atoms with Gasteiger partial charge in [-0.1, -0.05) is 270 Å². The van der Waals surface area contributed by atoms with Crippen LogP contribution in [0.4, 0.5) is 0 Å². The van der Waals surface area contributed by atoms with E-state index in [1.54, 1.807) is 0 Å². The third kappa shape index (κ3) is 62.9. The first-order valence-corrected chi connectivity index (χ1v) is 32.3. The number of carbonyl (C=O) groups excluding carboxylic acids is 3. The van der Waals surface area contributed by atoms with Gasteiger partial charge in [0.05, 0.1) is 40.3 Å². The number of allylic oxidation sites excluding steroid dienone is 22. The first kappa shape index (κ1) is 76.4. The molecule has 0 amide bonds. The summed E-state index contributed by atoms with van der Waals surface area (Å²) in [7, 11) is 5.91. The summed E-state index contributed by atoms with van der Waals surface area (Å²) in [5.74, 6) is -2.31. The predicted molar refractivity (Wildman–Crippen MR) is 343 cm³/mol. The fourth-order valence-corrected chi connectivity index (χ4v) is 8.48. The Hall–Kier alpha value is -4.57. The van der Waals surface area contributed by atoms with Crippen LogP contribution in [-0.2, 0) is 33.3 Å². The highest BCUT2D eigenvalue weighted by Crippen LogP contribution is 2.16. The number of carbonyl (C=O) groups is 3. The molecule has 0 aliphatic heterocycles. The fraction of sp³-hybridized carbons (Fsp3) is 0.653. The zero-order chi connectivity index (χ0) is 59.1. The van der Waals surface area contributed by atoms with E-state index in [1.807, 2.05) is 21.1 Å². The van der Waals surface area contributed by atoms with E-state index in [9.17, 15) is 19.5 Å². The summed E-state index contributed by atoms with van der Waals surface area (Å²) >= 11 is 0. The van der Waals surface area contributed by atoms with Crippen molar-refractivity contribution in [1.82, 2.24) is 0 Å². The number of hydrogen-bond donors (Lipinski definition) is 0. The summed E-state index contributed by atoms with van der Waals surface area (Å²) in [6.07, 6.45) is 85.1. The van der Waals surface area contributed by atoms with E-state index in [0.717, 1.165) is 122 Å². The Labute approximate surface area is 497 Å². The second kappa shape index (κ2) is 61.5. The monoisotopic (exact) mass is 1130 g/mol. The molecule has 9 nitrogen and oxygen atoms in total. The molecule has 0 radical (unpaired) electrons. The third-order valence-electron chi connectivity index (χ3n) is 13.4. The number of nitrogens with zero attached hydrogens (tertiary/aromatic N) is 1. The molecule has 0 aliphatic carbocycles. The fourth-order valence-electron chi connectivity index (χ4n) is 8.48. The number of likely N-dealkylation sites (N-methyl/N-ethyl adjacent to an activating group) is 1. The minimum atomic E-state index is -1.63. The molecule has 81 heavy (non-hydrogen) atoms. The van der Waals surface area contributed by atoms with E-state index in [-0.39, 0.29) is 38.6 Å². The molecule has 460 valence electrons. The maximum atomic E-state index is 12.9. The van der Waals surface area contributed by atoms with E-state index < -0.39 is 24.3 Å². The van der Waals surface area contributed by atoms with Crippen LogP contribution in [0.5, 0.6) is 0 Å². The van der Waals surface area contributed by atoms with Crippen molar-refractivity contribution in [2.24, 2.45) is 0 Å². The van der Waals surface area contributed by atoms with E-state index in [1.165, 1.54) is 89.9 Å². The van der Waals surface area contributed by atoms with Crippen LogP contribution in [0.25, 0.3) is 0 Å². The van der Waals surface area contributed by atoms with Gasteiger partial charge in [-0.2, -0.15) is 0 Å². The van der Waals surface area contributed by atoms with E-state index >= 15 is 0 Å². The van der Waals surface area contributed by atoms with Gasteiger partial charge in [-0.25, -0.2) is 0 Å². The number of carboxylic acids is 1. The van der Waals surface area contributed by atoms with Gasteiger partial charge in [0.2, 0.25) is 0 Å². The summed E-state index contributed by atoms with van der Waals surface area (Å²) in [6.45, 7) is 4.61. The number of rotatable bonds is 58. The molecule has 0 bridgehead atoms. The van der Waals surface area contributed by atoms with Gasteiger partial charge in [0.15, 0.2) is 12.4 Å². The van der Waals surface area contributed by atoms with Crippen LogP contribution >= 0.6 is 0 Å². The van der Waals surface area contributed by atoms with Crippen LogP contribution in [0, 0.1) is 0 Å². The number of unbranched alkanes of at least 4 members (excludes halogenated alkanes) is 21. The lowest BCUT2D eigenvalue weighted by molar-refractivity contribution is -0.870. The summed E-state index contributed by atoms with van der Waals surface area (Å²) in [4.78, 5) is 37.3. The molecule has 0 saturated heterocycles. The van der Waals surface area contributed by atoms with Crippen LogP contribution in [-0.4, -0.2) is 82.3 Å². The van der Waals surface area contributed by atoms with Crippen LogP contribution in [0.3, 0.4) is 0 Å². The molecular weight excluding hydrogens is 1010 g/mol. The second-order valence-electron chi connectivity index (χ2n) is 22.3. The van der Waals surface area contributed by atoms with Crippen LogP contribution < -0.4 is 5.11 Å². The van der Waals surface area contributed by atoms with Gasteiger partial charge in [-0.3, -0.25) is 9.59 Å². The summed E-state index contributed by atoms with van der Waals surface area (Å²) in [5, 5.41) is 11.8. The normalized spacial score (nSPS) is 13.6. The van der Waals surface area contributed by atoms with Crippen molar-refractivity contribution in [1.29, 1.82) is 0 Å². The number of ether oxygens (including phenoxy) is 4. The Kier molecular flexibility index (Phi) is 58.0. The van der Waals surface area contributed by atoms with Crippen LogP contribution in [0.1, 0.15) is 245 Å². The van der Waals surface area contributed by atoms with Crippen molar-refractivity contribution in [3.05, 3.63) is 134 Å². The number of hydrogen-bond acceptors (Lipinski definition) is 8. The van der Waals surface area contributed by atoms with Crippen molar-refractivity contribution in [3.63, 3.8) is 0 Å². The predicted octanol–water partition coefficient (Wildman–Crippen LogP) is 18.5. The van der Waals surface area contributed by atoms with Crippen LogP contribution in [0.2, 0.25) is 0 Å². The molecule has 0 aromatic carbocycles. The maximum Gasteiger partial charge on any atom is 0.306 e. The van der Waals surface area contributed by atoms with Gasteiger partial charge < -0.3 is 33.3 Å². The Bertz CT molecular complexity index is 1790. The molecule has 0 fully saturated rings. The number of quaternary nitrogens is 1. The Balaban J connectivity index is 4.23. The maximum absolute atomic E-state index is 12.9. The molecule has 0 aromatic heterocycles. The minimum Gasteiger partial charge on any atom is -0.545 e. The molecule has 2 atom stereocenters. The molecule has 0 saturated carbocycles. The average Bonchev–Trinajstić information content (AvgIpc) is 3.44. The smallest absolute Gasteiger partial charge is 0.306 e. The van der Waals surface area contributed by atoms with Gasteiger partial charge in [-0.05, 0) is 96.3 Å². The van der Waals surface area contributed by atoms with Crippen molar-refractivity contribution in [3.8, 4) is 0 Å². The first-order chi connectivity index (χ1) is 39.6. The minimum absolute atomic E-state index is 0.138. The van der Waals surface area contributed by atoms with Crippen molar-refractivity contribution < 1.29 is 42.9 Å². The van der Waals surface area contributed by atoms with Crippen molar-refractivity contribution in [2.75, 3.05) is 47.5 Å². The molecule has 0 rings (SSSR count). The lowest BCUT2D eigenvalue weighted by Gasteiger charge is -2.26. The van der Waals surface area contributed by atoms with E-state index in [4.69, 9.17) is 18.9 Å². The molecule has 0 N–H and O–H groups in total. The zero-order valence-corrected chi connectivity index (χ0v) is 52.4. The van der Waals surface area contributed by atoms with Gasteiger partial charge in [-0.15, -0.1) is 0 Å². The largest absolute Gasteiger partial charge is 0.545 e. The Morgan fingerprint density at radius 1 is 0.383 bits per heavy atom. The van der Waals surface area contributed by atoms with E-state index in [2.05, 4.69) is 148 Å². The van der Waals surface area contributed by atoms with Gasteiger partial charge in [0.1, 0.15) is 13.2 Å². The highest BCUT2D eigenvalue weighted by Gasteiger charge is 2.22. The average molecular weight is 1130 g/mol. The van der Waals surface area contributed by atoms with E-state index in [0.29, 0.717) is 17.4 Å². The Morgan fingerprint density at radius 3 is 1.05 bits per heavy atom. The summed E-state index contributed by atoms with van der Waals surface area (Å²) in [6, 6.07) is 0. The van der Waals surface area contributed by atoms with Crippen molar-refractivity contribution in [2.45, 2.75) is 257 Å².